The van der Waals surface area contributed by atoms with Crippen molar-refractivity contribution in [3.63, 3.8) is 0 Å². The molecular formula is C29H52N3O10P3S3. The first-order valence-electron chi connectivity index (χ1n) is 15.2. The van der Waals surface area contributed by atoms with Crippen molar-refractivity contribution in [2.75, 3.05) is 46.0 Å². The highest BCUT2D eigenvalue weighted by Gasteiger charge is 2.28. The normalized spacial score (nSPS) is 12.6. The Labute approximate surface area is 300 Å². The molecule has 1 aromatic carbocycles. The Bertz CT molecular complexity index is 1330. The summed E-state index contributed by atoms with van der Waals surface area (Å²) < 4.78 is 60.6. The average Bonchev–Trinajstić information content (AvgIpc) is 3.03. The first-order valence-corrected chi connectivity index (χ1v) is 23.9. The van der Waals surface area contributed by atoms with Crippen LogP contribution >= 0.6 is 44.4 Å². The third kappa shape index (κ3) is 20.0. The zero-order valence-corrected chi connectivity index (χ0v) is 34.9. The lowest BCUT2D eigenvalue weighted by molar-refractivity contribution is -0.117. The SMILES string of the molecule is CCCOP(=O)(OCCC)Oc1ccc(SC)cc1.CCOP(=S)(OCC)Oc1cc(C)nc(C(C)C)n1.COP(=O)(NC(C)=O)SC. The molecule has 276 valence electrons. The average molecular weight is 792 g/mol. The molecular weight excluding hydrogens is 739 g/mol. The lowest BCUT2D eigenvalue weighted by Gasteiger charge is -2.20. The van der Waals surface area contributed by atoms with E-state index in [2.05, 4.69) is 19.6 Å². The van der Waals surface area contributed by atoms with Gasteiger partial charge >= 0.3 is 21.3 Å². The van der Waals surface area contributed by atoms with Gasteiger partial charge in [0.25, 0.3) is 0 Å². The van der Waals surface area contributed by atoms with Crippen molar-refractivity contribution in [2.45, 2.75) is 79.0 Å². The molecule has 19 heteroatoms. The number of aryl methyl sites for hydroxylation is 1. The van der Waals surface area contributed by atoms with Crippen LogP contribution in [0.4, 0.5) is 0 Å². The Morgan fingerprint density at radius 3 is 1.83 bits per heavy atom. The highest BCUT2D eigenvalue weighted by molar-refractivity contribution is 8.55. The Kier molecular flexibility index (Phi) is 24.5. The summed E-state index contributed by atoms with van der Waals surface area (Å²) in [5.74, 6) is 1.51. The third-order valence-corrected chi connectivity index (χ3v) is 13.4. The minimum absolute atomic E-state index is 0.222. The second-order valence-corrected chi connectivity index (χ2v) is 19.5. The van der Waals surface area contributed by atoms with E-state index >= 15 is 0 Å². The first kappa shape index (κ1) is 47.0. The van der Waals surface area contributed by atoms with Crippen LogP contribution in [0.2, 0.25) is 0 Å². The van der Waals surface area contributed by atoms with Crippen molar-refractivity contribution in [3.05, 3.63) is 41.9 Å². The summed E-state index contributed by atoms with van der Waals surface area (Å²) in [7, 11) is -2.21. The van der Waals surface area contributed by atoms with E-state index in [-0.39, 0.29) is 11.8 Å². The molecule has 0 aliphatic rings. The van der Waals surface area contributed by atoms with E-state index in [9.17, 15) is 13.9 Å². The zero-order valence-electron chi connectivity index (χ0n) is 29.8. The molecule has 0 aliphatic heterocycles. The standard InChI is InChI=1S/C13H21O4PS.C12H21N2O3PS.C4H10NO3PS/c1-4-10-15-18(14,16-11-5-2)17-12-6-8-13(19-3)9-7-12;1-6-15-18(19,16-7-2)17-11-8-10(5)13-12(14-11)9(3)4;1-4(6)5-9(7,8-2)10-3/h6-9H,4-5,10-11H2,1-3H3;8-9H,6-7H2,1-5H3;1-3H3,(H,5,6,7). The Morgan fingerprint density at radius 1 is 0.917 bits per heavy atom. The molecule has 1 unspecified atom stereocenters. The van der Waals surface area contributed by atoms with Gasteiger partial charge in [-0.25, -0.2) is 9.55 Å². The van der Waals surface area contributed by atoms with Crippen LogP contribution in [-0.4, -0.2) is 61.9 Å². The van der Waals surface area contributed by atoms with Crippen LogP contribution in [0.3, 0.4) is 0 Å². The topological polar surface area (TPSA) is 154 Å². The van der Waals surface area contributed by atoms with Crippen LogP contribution in [-0.2, 0) is 48.4 Å². The van der Waals surface area contributed by atoms with Crippen LogP contribution in [0.5, 0.6) is 11.6 Å². The maximum atomic E-state index is 12.4. The fraction of sp³-hybridized carbons (Fsp3) is 0.621. The molecule has 1 amide bonds. The van der Waals surface area contributed by atoms with Gasteiger partial charge in [0.1, 0.15) is 11.6 Å². The smallest absolute Gasteiger partial charge is 0.406 e. The van der Waals surface area contributed by atoms with Gasteiger partial charge in [-0.15, -0.1) is 11.8 Å². The summed E-state index contributed by atoms with van der Waals surface area (Å²) in [5.41, 5.74) is 0.836. The van der Waals surface area contributed by atoms with Crippen molar-refractivity contribution in [3.8, 4) is 11.6 Å². The van der Waals surface area contributed by atoms with E-state index in [1.807, 2.05) is 66.9 Å². The molecule has 1 N–H and O–H groups in total. The fourth-order valence-corrected chi connectivity index (χ4v) is 8.61. The lowest BCUT2D eigenvalue weighted by Crippen LogP contribution is -2.15. The number of benzene rings is 1. The summed E-state index contributed by atoms with van der Waals surface area (Å²) in [6.07, 6.45) is 5.12. The van der Waals surface area contributed by atoms with Crippen molar-refractivity contribution < 1.29 is 45.6 Å². The molecule has 1 heterocycles. The van der Waals surface area contributed by atoms with Crippen molar-refractivity contribution in [2.24, 2.45) is 0 Å². The number of aromatic nitrogens is 2. The van der Waals surface area contributed by atoms with Crippen molar-refractivity contribution >= 4 is 62.1 Å². The minimum atomic E-state index is -3.50. The number of hydrogen-bond acceptors (Lipinski definition) is 15. The number of rotatable bonds is 19. The summed E-state index contributed by atoms with van der Waals surface area (Å²) >= 11 is 7.96. The minimum Gasteiger partial charge on any atom is -0.406 e. The van der Waals surface area contributed by atoms with E-state index in [1.165, 1.54) is 14.0 Å². The van der Waals surface area contributed by atoms with Crippen LogP contribution in [0, 0.1) is 6.92 Å². The van der Waals surface area contributed by atoms with E-state index < -0.39 is 21.3 Å². The molecule has 0 radical (unpaired) electrons. The third-order valence-electron chi connectivity index (χ3n) is 5.10. The van der Waals surface area contributed by atoms with Gasteiger partial charge in [0.05, 0.1) is 26.4 Å². The number of carbonyl (C=O) groups is 1. The predicted molar refractivity (Wildman–Crippen MR) is 200 cm³/mol. The summed E-state index contributed by atoms with van der Waals surface area (Å²) in [4.78, 5) is 20.2. The summed E-state index contributed by atoms with van der Waals surface area (Å²) in [6, 6.07) is 9.09. The second kappa shape index (κ2) is 25.0. The largest absolute Gasteiger partial charge is 0.530 e. The monoisotopic (exact) mass is 791 g/mol. The molecule has 2 aromatic rings. The van der Waals surface area contributed by atoms with Crippen LogP contribution in [0.1, 0.15) is 78.7 Å². The number of nitrogens with one attached hydrogen (secondary N) is 1. The second-order valence-electron chi connectivity index (χ2n) is 9.65. The quantitative estimate of drug-likeness (QED) is 0.106. The van der Waals surface area contributed by atoms with E-state index in [1.54, 1.807) is 36.2 Å². The van der Waals surface area contributed by atoms with Crippen LogP contribution in [0.15, 0.2) is 35.2 Å². The fourth-order valence-electron chi connectivity index (χ4n) is 3.01. The number of nitrogens with zero attached hydrogens (tertiary/aromatic N) is 2. The highest BCUT2D eigenvalue weighted by Crippen LogP contribution is 2.53. The molecule has 2 rings (SSSR count). The molecule has 1 atom stereocenters. The van der Waals surface area contributed by atoms with Crippen molar-refractivity contribution in [1.82, 2.24) is 15.1 Å². The van der Waals surface area contributed by atoms with Crippen LogP contribution < -0.4 is 14.1 Å². The Balaban J connectivity index is 0.000000727. The molecule has 0 saturated heterocycles. The number of thioether (sulfide) groups is 1. The molecule has 0 aliphatic carbocycles. The number of carbonyl (C=O) groups excluding carboxylic acids is 1. The van der Waals surface area contributed by atoms with Gasteiger partial charge in [-0.05, 0) is 70.4 Å². The number of phosphoric acid groups is 1. The first-order chi connectivity index (χ1) is 22.6. The molecule has 0 bridgehead atoms. The van der Waals surface area contributed by atoms with Gasteiger partial charge < -0.3 is 13.6 Å². The van der Waals surface area contributed by atoms with E-state index in [0.717, 1.165) is 40.6 Å². The van der Waals surface area contributed by atoms with Crippen molar-refractivity contribution in [1.29, 1.82) is 0 Å². The lowest BCUT2D eigenvalue weighted by atomic mass is 10.2. The van der Waals surface area contributed by atoms with Gasteiger partial charge in [0, 0.05) is 48.4 Å². The van der Waals surface area contributed by atoms with Gasteiger partial charge in [0.2, 0.25) is 11.8 Å². The summed E-state index contributed by atoms with van der Waals surface area (Å²) in [5, 5.41) is 2.21. The number of phosphoric ester groups is 1. The predicted octanol–water partition coefficient (Wildman–Crippen LogP) is 9.57. The highest BCUT2D eigenvalue weighted by atomic mass is 32.7. The molecule has 48 heavy (non-hydrogen) atoms. The zero-order chi connectivity index (χ0) is 36.8. The van der Waals surface area contributed by atoms with Crippen LogP contribution in [0.25, 0.3) is 0 Å². The Hall–Kier alpha value is -1.02. The molecule has 0 saturated carbocycles. The van der Waals surface area contributed by atoms with Gasteiger partial charge in [0.15, 0.2) is 0 Å². The van der Waals surface area contributed by atoms with Gasteiger partial charge in [-0.3, -0.25) is 32.5 Å². The van der Waals surface area contributed by atoms with Gasteiger partial charge in [-0.1, -0.05) is 39.1 Å². The van der Waals surface area contributed by atoms with Gasteiger partial charge in [-0.2, -0.15) is 4.98 Å². The van der Waals surface area contributed by atoms with E-state index in [0.29, 0.717) is 38.1 Å². The number of hydrogen-bond donors (Lipinski definition) is 1. The summed E-state index contributed by atoms with van der Waals surface area (Å²) in [6.45, 7) is 10.7. The molecule has 1 aromatic heterocycles. The Morgan fingerprint density at radius 2 is 1.46 bits per heavy atom. The maximum absolute atomic E-state index is 12.4. The van der Waals surface area contributed by atoms with E-state index in [4.69, 9.17) is 38.9 Å². The molecule has 0 spiro atoms. The molecule has 0 fully saturated rings. The maximum Gasteiger partial charge on any atom is 0.530 e. The number of amides is 1. The molecule has 13 nitrogen and oxygen atoms in total.